The SMILES string of the molecule is ClCCc1nc2ccccc2n1-c1cccc(Br)c1. The molecule has 2 nitrogen and oxygen atoms in total. The van der Waals surface area contributed by atoms with Crippen LogP contribution in [0, 0.1) is 0 Å². The van der Waals surface area contributed by atoms with Crippen molar-refractivity contribution in [3.8, 4) is 5.69 Å². The summed E-state index contributed by atoms with van der Waals surface area (Å²) in [5.41, 5.74) is 3.21. The molecule has 19 heavy (non-hydrogen) atoms. The molecule has 0 amide bonds. The summed E-state index contributed by atoms with van der Waals surface area (Å²) in [6.45, 7) is 0. The van der Waals surface area contributed by atoms with Crippen LogP contribution in [-0.2, 0) is 6.42 Å². The van der Waals surface area contributed by atoms with Crippen molar-refractivity contribution in [2.45, 2.75) is 6.42 Å². The quantitative estimate of drug-likeness (QED) is 0.641. The van der Waals surface area contributed by atoms with Crippen molar-refractivity contribution in [2.75, 3.05) is 5.88 Å². The van der Waals surface area contributed by atoms with Gasteiger partial charge in [-0.05, 0) is 30.3 Å². The molecule has 1 aromatic heterocycles. The molecule has 4 heteroatoms. The number of alkyl halides is 1. The molecule has 2 aromatic carbocycles. The van der Waals surface area contributed by atoms with Gasteiger partial charge in [0.05, 0.1) is 11.0 Å². The highest BCUT2D eigenvalue weighted by molar-refractivity contribution is 9.10. The Labute approximate surface area is 125 Å². The molecule has 0 aliphatic carbocycles. The van der Waals surface area contributed by atoms with Crippen LogP contribution in [0.2, 0.25) is 0 Å². The van der Waals surface area contributed by atoms with Crippen LogP contribution >= 0.6 is 27.5 Å². The summed E-state index contributed by atoms with van der Waals surface area (Å²) >= 11 is 9.41. The van der Waals surface area contributed by atoms with Gasteiger partial charge in [0.25, 0.3) is 0 Å². The van der Waals surface area contributed by atoms with E-state index in [1.54, 1.807) is 0 Å². The first-order chi connectivity index (χ1) is 9.29. The van der Waals surface area contributed by atoms with Crippen LogP contribution in [-0.4, -0.2) is 15.4 Å². The average molecular weight is 336 g/mol. The summed E-state index contributed by atoms with van der Waals surface area (Å²) in [6.07, 6.45) is 0.753. The normalized spacial score (nSPS) is 11.1. The van der Waals surface area contributed by atoms with Crippen LogP contribution < -0.4 is 0 Å². The molecular formula is C15H12BrClN2. The lowest BCUT2D eigenvalue weighted by molar-refractivity contribution is 0.912. The first kappa shape index (κ1) is 12.7. The molecule has 0 N–H and O–H groups in total. The molecule has 0 bridgehead atoms. The summed E-state index contributed by atoms with van der Waals surface area (Å²) in [5, 5.41) is 0. The zero-order chi connectivity index (χ0) is 13.2. The highest BCUT2D eigenvalue weighted by atomic mass is 79.9. The van der Waals surface area contributed by atoms with Gasteiger partial charge in [-0.3, -0.25) is 4.57 Å². The number of rotatable bonds is 3. The molecule has 0 aliphatic heterocycles. The first-order valence-electron chi connectivity index (χ1n) is 6.08. The Morgan fingerprint density at radius 2 is 1.95 bits per heavy atom. The number of hydrogen-bond donors (Lipinski definition) is 0. The Hall–Kier alpha value is -1.32. The van der Waals surface area contributed by atoms with E-state index in [-0.39, 0.29) is 0 Å². The van der Waals surface area contributed by atoms with Gasteiger partial charge in [0.1, 0.15) is 5.82 Å². The van der Waals surface area contributed by atoms with E-state index in [1.165, 1.54) is 0 Å². The number of imidazole rings is 1. The molecule has 3 aromatic rings. The smallest absolute Gasteiger partial charge is 0.115 e. The maximum Gasteiger partial charge on any atom is 0.115 e. The van der Waals surface area contributed by atoms with Crippen molar-refractivity contribution in [1.82, 2.24) is 9.55 Å². The number of aromatic nitrogens is 2. The lowest BCUT2D eigenvalue weighted by atomic mass is 10.2. The Morgan fingerprint density at radius 1 is 1.11 bits per heavy atom. The fourth-order valence-corrected chi connectivity index (χ4v) is 2.79. The van der Waals surface area contributed by atoms with E-state index in [9.17, 15) is 0 Å². The van der Waals surface area contributed by atoms with Crippen LogP contribution in [0.4, 0.5) is 0 Å². The average Bonchev–Trinajstić information content (AvgIpc) is 2.77. The number of halogens is 2. The van der Waals surface area contributed by atoms with E-state index < -0.39 is 0 Å². The zero-order valence-electron chi connectivity index (χ0n) is 10.2. The van der Waals surface area contributed by atoms with E-state index in [0.717, 1.165) is 33.4 Å². The summed E-state index contributed by atoms with van der Waals surface area (Å²) in [6, 6.07) is 16.4. The minimum Gasteiger partial charge on any atom is -0.296 e. The van der Waals surface area contributed by atoms with Gasteiger partial charge >= 0.3 is 0 Å². The van der Waals surface area contributed by atoms with E-state index in [0.29, 0.717) is 5.88 Å². The topological polar surface area (TPSA) is 17.8 Å². The Balaban J connectivity index is 2.28. The standard InChI is InChI=1S/C15H12BrClN2/c16-11-4-3-5-12(10-11)19-14-7-2-1-6-13(14)18-15(19)8-9-17/h1-7,10H,8-9H2. The van der Waals surface area contributed by atoms with Crippen LogP contribution in [0.1, 0.15) is 5.82 Å². The van der Waals surface area contributed by atoms with E-state index >= 15 is 0 Å². The lowest BCUT2D eigenvalue weighted by Crippen LogP contribution is -2.02. The molecular weight excluding hydrogens is 324 g/mol. The van der Waals surface area contributed by atoms with Crippen LogP contribution in [0.5, 0.6) is 0 Å². The summed E-state index contributed by atoms with van der Waals surface area (Å²) in [4.78, 5) is 4.67. The van der Waals surface area contributed by atoms with E-state index in [4.69, 9.17) is 11.6 Å². The fourth-order valence-electron chi connectivity index (χ4n) is 2.23. The number of fused-ring (bicyclic) bond motifs is 1. The van der Waals surface area contributed by atoms with Crippen molar-refractivity contribution in [3.05, 3.63) is 58.8 Å². The second-order valence-corrected chi connectivity index (χ2v) is 5.56. The van der Waals surface area contributed by atoms with Gasteiger partial charge in [-0.1, -0.05) is 34.1 Å². The molecule has 0 radical (unpaired) electrons. The van der Waals surface area contributed by atoms with Gasteiger partial charge in [-0.15, -0.1) is 11.6 Å². The summed E-state index contributed by atoms with van der Waals surface area (Å²) in [7, 11) is 0. The summed E-state index contributed by atoms with van der Waals surface area (Å²) < 4.78 is 3.22. The van der Waals surface area contributed by atoms with Gasteiger partial charge in [0.15, 0.2) is 0 Å². The van der Waals surface area contributed by atoms with Crippen molar-refractivity contribution >= 4 is 38.6 Å². The maximum absolute atomic E-state index is 5.89. The van der Waals surface area contributed by atoms with Crippen molar-refractivity contribution in [2.24, 2.45) is 0 Å². The highest BCUT2D eigenvalue weighted by Gasteiger charge is 2.11. The van der Waals surface area contributed by atoms with Gasteiger partial charge in [-0.25, -0.2) is 4.98 Å². The molecule has 3 rings (SSSR count). The summed E-state index contributed by atoms with van der Waals surface area (Å²) in [5.74, 6) is 1.56. The van der Waals surface area contributed by atoms with Crippen molar-refractivity contribution in [1.29, 1.82) is 0 Å². The Morgan fingerprint density at radius 3 is 2.74 bits per heavy atom. The Kier molecular flexibility index (Phi) is 3.58. The van der Waals surface area contributed by atoms with Gasteiger partial charge < -0.3 is 0 Å². The molecule has 96 valence electrons. The van der Waals surface area contributed by atoms with E-state index in [1.807, 2.05) is 30.3 Å². The fraction of sp³-hybridized carbons (Fsp3) is 0.133. The van der Waals surface area contributed by atoms with Crippen molar-refractivity contribution in [3.63, 3.8) is 0 Å². The highest BCUT2D eigenvalue weighted by Crippen LogP contribution is 2.24. The Bertz CT molecular complexity index is 721. The third-order valence-electron chi connectivity index (χ3n) is 3.01. The lowest BCUT2D eigenvalue weighted by Gasteiger charge is -2.08. The first-order valence-corrected chi connectivity index (χ1v) is 7.40. The number of aryl methyl sites for hydroxylation is 1. The number of nitrogens with zero attached hydrogens (tertiary/aromatic N) is 2. The second-order valence-electron chi connectivity index (χ2n) is 4.27. The molecule has 0 atom stereocenters. The number of para-hydroxylation sites is 2. The molecule has 0 unspecified atom stereocenters. The van der Waals surface area contributed by atoms with Gasteiger partial charge in [0.2, 0.25) is 0 Å². The molecule has 0 saturated carbocycles. The minimum absolute atomic E-state index is 0.567. The van der Waals surface area contributed by atoms with Crippen LogP contribution in [0.3, 0.4) is 0 Å². The third-order valence-corrected chi connectivity index (χ3v) is 3.70. The molecule has 0 aliphatic rings. The van der Waals surface area contributed by atoms with Crippen LogP contribution in [0.25, 0.3) is 16.7 Å². The van der Waals surface area contributed by atoms with E-state index in [2.05, 4.69) is 43.7 Å². The molecule has 0 saturated heterocycles. The third kappa shape index (κ3) is 2.40. The number of hydrogen-bond acceptors (Lipinski definition) is 1. The maximum atomic E-state index is 5.89. The predicted octanol–water partition coefficient (Wildman–Crippen LogP) is 4.57. The monoisotopic (exact) mass is 334 g/mol. The molecule has 0 fully saturated rings. The molecule has 0 spiro atoms. The second kappa shape index (κ2) is 5.35. The van der Waals surface area contributed by atoms with Crippen molar-refractivity contribution < 1.29 is 0 Å². The predicted molar refractivity (Wildman–Crippen MR) is 83.2 cm³/mol. The zero-order valence-corrected chi connectivity index (χ0v) is 12.5. The minimum atomic E-state index is 0.567. The number of benzene rings is 2. The van der Waals surface area contributed by atoms with Gasteiger partial charge in [0, 0.05) is 22.5 Å². The largest absolute Gasteiger partial charge is 0.296 e. The molecule has 1 heterocycles. The van der Waals surface area contributed by atoms with Crippen LogP contribution in [0.15, 0.2) is 53.0 Å². The van der Waals surface area contributed by atoms with Gasteiger partial charge in [-0.2, -0.15) is 0 Å².